The lowest BCUT2D eigenvalue weighted by atomic mass is 10.0. The summed E-state index contributed by atoms with van der Waals surface area (Å²) in [6.45, 7) is 7.17. The molecule has 0 bridgehead atoms. The van der Waals surface area contributed by atoms with E-state index in [-0.39, 0.29) is 5.78 Å². The zero-order valence-corrected chi connectivity index (χ0v) is 12.0. The van der Waals surface area contributed by atoms with E-state index in [9.17, 15) is 4.79 Å². The summed E-state index contributed by atoms with van der Waals surface area (Å²) in [7, 11) is 3.68. The smallest absolute Gasteiger partial charge is 0.143 e. The molecule has 0 aliphatic heterocycles. The summed E-state index contributed by atoms with van der Waals surface area (Å²) >= 11 is 0. The summed E-state index contributed by atoms with van der Waals surface area (Å²) in [6.07, 6.45) is 0.954. The molecule has 0 aliphatic rings. The number of hydrogen-bond acceptors (Lipinski definition) is 3. The van der Waals surface area contributed by atoms with Crippen molar-refractivity contribution in [3.05, 3.63) is 28.8 Å². The van der Waals surface area contributed by atoms with Gasteiger partial charge in [0.05, 0.1) is 13.7 Å². The first-order valence-corrected chi connectivity index (χ1v) is 6.26. The molecule has 0 N–H and O–H groups in total. The van der Waals surface area contributed by atoms with Crippen molar-refractivity contribution in [1.82, 2.24) is 4.90 Å². The maximum atomic E-state index is 11.0. The molecule has 0 spiro atoms. The van der Waals surface area contributed by atoms with E-state index < -0.39 is 0 Å². The highest BCUT2D eigenvalue weighted by Gasteiger charge is 2.07. The third kappa shape index (κ3) is 4.15. The van der Waals surface area contributed by atoms with E-state index in [4.69, 9.17) is 4.74 Å². The van der Waals surface area contributed by atoms with Gasteiger partial charge >= 0.3 is 0 Å². The molecule has 0 saturated carbocycles. The largest absolute Gasteiger partial charge is 0.496 e. The Labute approximate surface area is 110 Å². The number of carbonyl (C=O) groups is 1. The molecule has 0 atom stereocenters. The summed E-state index contributed by atoms with van der Waals surface area (Å²) in [5.41, 5.74) is 3.63. The Morgan fingerprint density at radius 1 is 1.28 bits per heavy atom. The Hall–Kier alpha value is -1.35. The van der Waals surface area contributed by atoms with Crippen molar-refractivity contribution in [2.24, 2.45) is 0 Å². The fourth-order valence-corrected chi connectivity index (χ4v) is 2.29. The third-order valence-electron chi connectivity index (χ3n) is 3.00. The van der Waals surface area contributed by atoms with Crippen molar-refractivity contribution < 1.29 is 9.53 Å². The number of aryl methyl sites for hydroxylation is 2. The average Bonchev–Trinajstić information content (AvgIpc) is 2.25. The van der Waals surface area contributed by atoms with Gasteiger partial charge in [0.25, 0.3) is 0 Å². The molecule has 100 valence electrons. The Morgan fingerprint density at radius 3 is 2.28 bits per heavy atom. The number of benzene rings is 1. The van der Waals surface area contributed by atoms with Crippen LogP contribution in [0.15, 0.2) is 12.1 Å². The second-order valence-corrected chi connectivity index (χ2v) is 4.95. The Bertz CT molecular complexity index is 403. The Balaban J connectivity index is 2.66. The predicted molar refractivity (Wildman–Crippen MR) is 74.4 cm³/mol. The zero-order chi connectivity index (χ0) is 13.7. The van der Waals surface area contributed by atoms with Crippen LogP contribution in [0.4, 0.5) is 0 Å². The van der Waals surface area contributed by atoms with Crippen molar-refractivity contribution in [3.63, 3.8) is 0 Å². The van der Waals surface area contributed by atoms with Crippen LogP contribution in [0, 0.1) is 13.8 Å². The molecule has 1 aromatic carbocycles. The predicted octanol–water partition coefficient (Wildman–Crippen LogP) is 2.38. The molecule has 0 unspecified atom stereocenters. The average molecular weight is 249 g/mol. The number of hydrogen-bond donors (Lipinski definition) is 0. The molecule has 0 aromatic heterocycles. The molecule has 3 nitrogen and oxygen atoms in total. The summed E-state index contributed by atoms with van der Waals surface area (Å²) < 4.78 is 5.35. The normalized spacial score (nSPS) is 10.8. The number of rotatable bonds is 6. The van der Waals surface area contributed by atoms with Gasteiger partial charge in [-0.25, -0.2) is 0 Å². The molecule has 0 radical (unpaired) electrons. The lowest BCUT2D eigenvalue weighted by Crippen LogP contribution is -2.26. The minimum atomic E-state index is 0.208. The summed E-state index contributed by atoms with van der Waals surface area (Å²) in [6, 6.07) is 4.32. The first kappa shape index (κ1) is 14.7. The van der Waals surface area contributed by atoms with Crippen molar-refractivity contribution in [3.8, 4) is 5.75 Å². The van der Waals surface area contributed by atoms with Crippen LogP contribution in [0.3, 0.4) is 0 Å². The van der Waals surface area contributed by atoms with Crippen LogP contribution in [-0.4, -0.2) is 37.9 Å². The molecule has 0 fully saturated rings. The minimum Gasteiger partial charge on any atom is -0.496 e. The van der Waals surface area contributed by atoms with Crippen molar-refractivity contribution in [2.45, 2.75) is 27.2 Å². The monoisotopic (exact) mass is 249 g/mol. The highest BCUT2D eigenvalue weighted by Crippen LogP contribution is 2.24. The minimum absolute atomic E-state index is 0.208. The maximum absolute atomic E-state index is 11.0. The zero-order valence-electron chi connectivity index (χ0n) is 12.0. The molecule has 3 heteroatoms. The van der Waals surface area contributed by atoms with Crippen LogP contribution in [0.5, 0.6) is 5.75 Å². The number of carbonyl (C=O) groups excluding carboxylic acids is 1. The SMILES string of the molecule is COc1c(C)cc(CCN(C)CC(C)=O)cc1C. The second kappa shape index (κ2) is 6.55. The first-order valence-electron chi connectivity index (χ1n) is 6.26. The Morgan fingerprint density at radius 2 is 1.83 bits per heavy atom. The fourth-order valence-electron chi connectivity index (χ4n) is 2.29. The number of methoxy groups -OCH3 is 1. The van der Waals surface area contributed by atoms with Gasteiger partial charge in [0, 0.05) is 6.54 Å². The molecular weight excluding hydrogens is 226 g/mol. The van der Waals surface area contributed by atoms with Crippen molar-refractivity contribution in [1.29, 1.82) is 0 Å². The lowest BCUT2D eigenvalue weighted by molar-refractivity contribution is -0.117. The van der Waals surface area contributed by atoms with E-state index in [0.717, 1.165) is 18.7 Å². The molecule has 1 aromatic rings. The standard InChI is InChI=1S/C15H23NO2/c1-11-8-14(9-12(2)15(11)18-5)6-7-16(4)10-13(3)17/h8-9H,6-7,10H2,1-5H3. The van der Waals surface area contributed by atoms with Crippen LogP contribution in [-0.2, 0) is 11.2 Å². The first-order chi connectivity index (χ1) is 8.43. The van der Waals surface area contributed by atoms with Gasteiger partial charge in [-0.1, -0.05) is 12.1 Å². The van der Waals surface area contributed by atoms with Crippen LogP contribution < -0.4 is 4.74 Å². The number of likely N-dealkylation sites (N-methyl/N-ethyl adjacent to an activating group) is 1. The van der Waals surface area contributed by atoms with E-state index in [2.05, 4.69) is 30.9 Å². The van der Waals surface area contributed by atoms with Gasteiger partial charge in [0.2, 0.25) is 0 Å². The Kier molecular flexibility index (Phi) is 5.35. The van der Waals surface area contributed by atoms with Gasteiger partial charge < -0.3 is 4.74 Å². The molecule has 0 aliphatic carbocycles. The van der Waals surface area contributed by atoms with Gasteiger partial charge in [-0.05, 0) is 50.9 Å². The molecular formula is C15H23NO2. The molecule has 0 saturated heterocycles. The molecule has 0 heterocycles. The molecule has 0 amide bonds. The van der Waals surface area contributed by atoms with E-state index >= 15 is 0 Å². The van der Waals surface area contributed by atoms with E-state index in [1.807, 2.05) is 7.05 Å². The number of ether oxygens (including phenoxy) is 1. The van der Waals surface area contributed by atoms with E-state index in [1.54, 1.807) is 14.0 Å². The highest BCUT2D eigenvalue weighted by atomic mass is 16.5. The van der Waals surface area contributed by atoms with Crippen LogP contribution in [0.2, 0.25) is 0 Å². The number of Topliss-reactive ketones (excluding diaryl/α,β-unsaturated/α-hetero) is 1. The molecule has 1 rings (SSSR count). The van der Waals surface area contributed by atoms with Gasteiger partial charge in [-0.2, -0.15) is 0 Å². The van der Waals surface area contributed by atoms with E-state index in [1.165, 1.54) is 16.7 Å². The van der Waals surface area contributed by atoms with Crippen LogP contribution in [0.25, 0.3) is 0 Å². The third-order valence-corrected chi connectivity index (χ3v) is 3.00. The van der Waals surface area contributed by atoms with Gasteiger partial charge in [-0.15, -0.1) is 0 Å². The summed E-state index contributed by atoms with van der Waals surface area (Å²) in [5.74, 6) is 1.18. The van der Waals surface area contributed by atoms with Crippen LogP contribution >= 0.6 is 0 Å². The topological polar surface area (TPSA) is 29.5 Å². The van der Waals surface area contributed by atoms with E-state index in [0.29, 0.717) is 6.54 Å². The van der Waals surface area contributed by atoms with Gasteiger partial charge in [0.15, 0.2) is 0 Å². The fraction of sp³-hybridized carbons (Fsp3) is 0.533. The summed E-state index contributed by atoms with van der Waals surface area (Å²) in [5, 5.41) is 0. The number of nitrogens with zero attached hydrogens (tertiary/aromatic N) is 1. The highest BCUT2D eigenvalue weighted by molar-refractivity contribution is 5.77. The van der Waals surface area contributed by atoms with Gasteiger partial charge in [-0.3, -0.25) is 9.69 Å². The lowest BCUT2D eigenvalue weighted by Gasteiger charge is -2.16. The van der Waals surface area contributed by atoms with Gasteiger partial charge in [0.1, 0.15) is 11.5 Å². The maximum Gasteiger partial charge on any atom is 0.143 e. The van der Waals surface area contributed by atoms with Crippen molar-refractivity contribution in [2.75, 3.05) is 27.2 Å². The number of ketones is 1. The molecule has 18 heavy (non-hydrogen) atoms. The second-order valence-electron chi connectivity index (χ2n) is 4.95. The summed E-state index contributed by atoms with van der Waals surface area (Å²) in [4.78, 5) is 13.1. The van der Waals surface area contributed by atoms with Crippen LogP contribution in [0.1, 0.15) is 23.6 Å². The van der Waals surface area contributed by atoms with Crippen molar-refractivity contribution >= 4 is 5.78 Å². The quantitative estimate of drug-likeness (QED) is 0.775.